The third kappa shape index (κ3) is 3.22. The highest BCUT2D eigenvalue weighted by Gasteiger charge is 2.51. The van der Waals surface area contributed by atoms with Crippen LogP contribution in [-0.2, 0) is 35.6 Å². The normalized spacial score (nSPS) is 18.0. The van der Waals surface area contributed by atoms with E-state index in [1.54, 1.807) is 12.3 Å². The first-order chi connectivity index (χ1) is 14.0. The quantitative estimate of drug-likeness (QED) is 0.591. The Labute approximate surface area is 174 Å². The van der Waals surface area contributed by atoms with Crippen molar-refractivity contribution in [2.45, 2.75) is 44.1 Å². The molecule has 2 aliphatic rings. The fraction of sp³-hybridized carbons (Fsp3) is 0.450. The van der Waals surface area contributed by atoms with E-state index in [0.29, 0.717) is 29.0 Å². The van der Waals surface area contributed by atoms with Crippen molar-refractivity contribution in [3.8, 4) is 11.6 Å². The summed E-state index contributed by atoms with van der Waals surface area (Å²) in [6, 6.07) is 4.44. The van der Waals surface area contributed by atoms with Crippen LogP contribution in [0.3, 0.4) is 0 Å². The zero-order chi connectivity index (χ0) is 20.2. The van der Waals surface area contributed by atoms with E-state index in [9.17, 15) is 8.60 Å². The second-order valence-corrected chi connectivity index (χ2v) is 9.72. The summed E-state index contributed by atoms with van der Waals surface area (Å²) in [6.07, 6.45) is 6.27. The third-order valence-corrected chi connectivity index (χ3v) is 6.89. The Bertz CT molecular complexity index is 1120. The van der Waals surface area contributed by atoms with Gasteiger partial charge in [-0.25, -0.2) is 4.39 Å². The van der Waals surface area contributed by atoms with Gasteiger partial charge in [0.05, 0.1) is 17.7 Å². The number of hydrogen-bond acceptors (Lipinski definition) is 5. The van der Waals surface area contributed by atoms with Crippen molar-refractivity contribution in [2.24, 2.45) is 0 Å². The van der Waals surface area contributed by atoms with Crippen molar-refractivity contribution in [1.82, 2.24) is 19.9 Å². The van der Waals surface area contributed by atoms with E-state index in [1.807, 2.05) is 4.68 Å². The second-order valence-electron chi connectivity index (χ2n) is 7.76. The second kappa shape index (κ2) is 7.02. The SMILES string of the molecule is CS(=O)CCn1nc2c(c1-c1nc(C3(c4ccc(F)cc4Cl)CC3)no1)CCC2. The molecule has 1 saturated carbocycles. The smallest absolute Gasteiger partial charge is 0.276 e. The largest absolute Gasteiger partial charge is 0.332 e. The summed E-state index contributed by atoms with van der Waals surface area (Å²) in [5.41, 5.74) is 3.44. The van der Waals surface area contributed by atoms with Crippen LogP contribution >= 0.6 is 11.6 Å². The van der Waals surface area contributed by atoms with Gasteiger partial charge in [-0.15, -0.1) is 0 Å². The molecule has 5 rings (SSSR count). The number of aryl methyl sites for hydroxylation is 2. The van der Waals surface area contributed by atoms with Crippen molar-refractivity contribution < 1.29 is 13.1 Å². The highest BCUT2D eigenvalue weighted by Crippen LogP contribution is 2.54. The van der Waals surface area contributed by atoms with E-state index < -0.39 is 16.2 Å². The summed E-state index contributed by atoms with van der Waals surface area (Å²) in [5.74, 6) is 1.15. The lowest BCUT2D eigenvalue weighted by Gasteiger charge is -2.13. The molecule has 2 aliphatic carbocycles. The lowest BCUT2D eigenvalue weighted by molar-refractivity contribution is 0.413. The predicted molar refractivity (Wildman–Crippen MR) is 108 cm³/mol. The van der Waals surface area contributed by atoms with Gasteiger partial charge in [0.2, 0.25) is 0 Å². The minimum atomic E-state index is -0.913. The molecule has 0 amide bonds. The lowest BCUT2D eigenvalue weighted by atomic mass is 9.95. The Morgan fingerprint density at radius 1 is 1.34 bits per heavy atom. The highest BCUT2D eigenvalue weighted by molar-refractivity contribution is 7.84. The van der Waals surface area contributed by atoms with Crippen LogP contribution in [-0.4, -0.2) is 36.1 Å². The molecule has 1 unspecified atom stereocenters. The van der Waals surface area contributed by atoms with Gasteiger partial charge >= 0.3 is 0 Å². The maximum Gasteiger partial charge on any atom is 0.276 e. The lowest BCUT2D eigenvalue weighted by Crippen LogP contribution is -2.12. The van der Waals surface area contributed by atoms with Crippen LogP contribution < -0.4 is 0 Å². The van der Waals surface area contributed by atoms with Gasteiger partial charge in [-0.3, -0.25) is 8.89 Å². The molecule has 152 valence electrons. The number of halogens is 2. The van der Waals surface area contributed by atoms with E-state index in [0.717, 1.165) is 54.6 Å². The molecule has 9 heteroatoms. The number of aromatic nitrogens is 4. The van der Waals surface area contributed by atoms with E-state index in [2.05, 4.69) is 5.16 Å². The molecule has 6 nitrogen and oxygen atoms in total. The molecular weight excluding hydrogens is 415 g/mol. The van der Waals surface area contributed by atoms with Crippen LogP contribution in [0, 0.1) is 5.82 Å². The van der Waals surface area contributed by atoms with Crippen LogP contribution in [0.1, 0.15) is 41.9 Å². The Morgan fingerprint density at radius 3 is 2.90 bits per heavy atom. The first kappa shape index (κ1) is 18.9. The first-order valence-corrected chi connectivity index (χ1v) is 11.8. The topological polar surface area (TPSA) is 73.8 Å². The summed E-state index contributed by atoms with van der Waals surface area (Å²) >= 11 is 6.31. The van der Waals surface area contributed by atoms with E-state index in [1.165, 1.54) is 12.1 Å². The van der Waals surface area contributed by atoms with Gasteiger partial charge < -0.3 is 4.52 Å². The number of benzene rings is 1. The van der Waals surface area contributed by atoms with E-state index >= 15 is 0 Å². The average molecular weight is 435 g/mol. The zero-order valence-corrected chi connectivity index (χ0v) is 17.5. The van der Waals surface area contributed by atoms with Crippen LogP contribution in [0.15, 0.2) is 22.7 Å². The molecule has 0 spiro atoms. The van der Waals surface area contributed by atoms with Crippen molar-refractivity contribution >= 4 is 22.4 Å². The zero-order valence-electron chi connectivity index (χ0n) is 16.0. The molecule has 0 bridgehead atoms. The number of rotatable bonds is 6. The summed E-state index contributed by atoms with van der Waals surface area (Å²) in [5, 5.41) is 9.35. The van der Waals surface area contributed by atoms with Gasteiger partial charge in [0.25, 0.3) is 5.89 Å². The van der Waals surface area contributed by atoms with Crippen LogP contribution in [0.25, 0.3) is 11.6 Å². The molecule has 1 fully saturated rings. The number of nitrogens with zero attached hydrogens (tertiary/aromatic N) is 4. The molecule has 0 aliphatic heterocycles. The summed E-state index contributed by atoms with van der Waals surface area (Å²) in [6.45, 7) is 0.540. The van der Waals surface area contributed by atoms with Gasteiger partial charge in [-0.1, -0.05) is 22.8 Å². The van der Waals surface area contributed by atoms with Gasteiger partial charge in [0.15, 0.2) is 5.82 Å². The van der Waals surface area contributed by atoms with Gasteiger partial charge in [0.1, 0.15) is 11.5 Å². The molecular formula is C20H20ClFN4O2S. The van der Waals surface area contributed by atoms with Crippen LogP contribution in [0.5, 0.6) is 0 Å². The van der Waals surface area contributed by atoms with Crippen molar-refractivity contribution in [2.75, 3.05) is 12.0 Å². The Kier molecular flexibility index (Phi) is 4.58. The van der Waals surface area contributed by atoms with Gasteiger partial charge in [-0.05, 0) is 49.8 Å². The van der Waals surface area contributed by atoms with Crippen LogP contribution in [0.4, 0.5) is 4.39 Å². The highest BCUT2D eigenvalue weighted by atomic mass is 35.5. The monoisotopic (exact) mass is 434 g/mol. The van der Waals surface area contributed by atoms with Crippen molar-refractivity contribution in [1.29, 1.82) is 0 Å². The Morgan fingerprint density at radius 2 is 2.17 bits per heavy atom. The standard InChI is InChI=1S/C20H20ClFN4O2S/c1-29(27)10-9-26-17(13-3-2-4-16(13)24-26)18-23-19(25-28-18)20(7-8-20)14-6-5-12(22)11-15(14)21/h5-6,11H,2-4,7-10H2,1H3. The Hall–Kier alpha value is -2.06. The van der Waals surface area contributed by atoms with Gasteiger partial charge in [-0.2, -0.15) is 10.1 Å². The molecule has 2 heterocycles. The number of hydrogen-bond donors (Lipinski definition) is 0. The third-order valence-electron chi connectivity index (χ3n) is 5.82. The van der Waals surface area contributed by atoms with E-state index in [4.69, 9.17) is 26.2 Å². The van der Waals surface area contributed by atoms with Crippen molar-refractivity contribution in [3.05, 3.63) is 51.7 Å². The summed E-state index contributed by atoms with van der Waals surface area (Å²) < 4.78 is 32.6. The predicted octanol–water partition coefficient (Wildman–Crippen LogP) is 3.67. The molecule has 3 aromatic rings. The fourth-order valence-corrected chi connectivity index (χ4v) is 4.97. The molecule has 1 aromatic carbocycles. The molecule has 0 saturated heterocycles. The minimum Gasteiger partial charge on any atom is -0.332 e. The molecule has 2 aromatic heterocycles. The molecule has 29 heavy (non-hydrogen) atoms. The maximum atomic E-state index is 13.5. The van der Waals surface area contributed by atoms with Crippen LogP contribution in [0.2, 0.25) is 5.02 Å². The summed E-state index contributed by atoms with van der Waals surface area (Å²) in [4.78, 5) is 4.73. The van der Waals surface area contributed by atoms with E-state index in [-0.39, 0.29) is 5.82 Å². The fourth-order valence-electron chi connectivity index (χ4n) is 4.19. The molecule has 0 N–H and O–H groups in total. The van der Waals surface area contributed by atoms with Gasteiger partial charge in [0, 0.05) is 33.4 Å². The minimum absolute atomic E-state index is 0.365. The Balaban J connectivity index is 1.53. The summed E-state index contributed by atoms with van der Waals surface area (Å²) in [7, 11) is -0.913. The van der Waals surface area contributed by atoms with Crippen molar-refractivity contribution in [3.63, 3.8) is 0 Å². The average Bonchev–Trinajstić information content (AvgIpc) is 3.03. The molecule has 1 atom stereocenters. The molecule has 0 radical (unpaired) electrons. The number of fused-ring (bicyclic) bond motifs is 1. The maximum absolute atomic E-state index is 13.5. The first-order valence-electron chi connectivity index (χ1n) is 9.66.